The zero-order chi connectivity index (χ0) is 20.2. The highest BCUT2D eigenvalue weighted by Gasteiger charge is 2.22. The van der Waals surface area contributed by atoms with Crippen LogP contribution in [0.1, 0.15) is 34.6 Å². The van der Waals surface area contributed by atoms with Crippen molar-refractivity contribution in [2.75, 3.05) is 13.1 Å². The van der Waals surface area contributed by atoms with Crippen LogP contribution in [0.5, 0.6) is 0 Å². The predicted molar refractivity (Wildman–Crippen MR) is 111 cm³/mol. The number of rotatable bonds is 6. The number of benzene rings is 2. The van der Waals surface area contributed by atoms with Crippen LogP contribution in [0.2, 0.25) is 20.1 Å². The van der Waals surface area contributed by atoms with E-state index in [2.05, 4.69) is 10.6 Å². The van der Waals surface area contributed by atoms with Gasteiger partial charge in [0.15, 0.2) is 0 Å². The van der Waals surface area contributed by atoms with Crippen molar-refractivity contribution in [1.29, 1.82) is 0 Å². The molecule has 0 aliphatic heterocycles. The highest BCUT2D eigenvalue weighted by atomic mass is 35.5. The van der Waals surface area contributed by atoms with Crippen molar-refractivity contribution in [2.24, 2.45) is 5.41 Å². The fourth-order valence-electron chi connectivity index (χ4n) is 2.25. The van der Waals surface area contributed by atoms with E-state index >= 15 is 0 Å². The van der Waals surface area contributed by atoms with E-state index in [0.29, 0.717) is 34.3 Å². The summed E-state index contributed by atoms with van der Waals surface area (Å²) >= 11 is 24.0. The second kappa shape index (κ2) is 9.16. The van der Waals surface area contributed by atoms with Gasteiger partial charge in [0, 0.05) is 13.1 Å². The van der Waals surface area contributed by atoms with Gasteiger partial charge in [0.1, 0.15) is 0 Å². The number of carbonyl (C=O) groups is 2. The van der Waals surface area contributed by atoms with Crippen molar-refractivity contribution in [1.82, 2.24) is 10.6 Å². The zero-order valence-electron chi connectivity index (χ0n) is 14.7. The molecule has 144 valence electrons. The Morgan fingerprint density at radius 3 is 1.52 bits per heavy atom. The van der Waals surface area contributed by atoms with E-state index in [-0.39, 0.29) is 21.9 Å². The molecule has 0 saturated carbocycles. The first-order valence-corrected chi connectivity index (χ1v) is 9.58. The summed E-state index contributed by atoms with van der Waals surface area (Å²) in [5.41, 5.74) is 0.186. The minimum atomic E-state index is -0.415. The first-order chi connectivity index (χ1) is 12.6. The zero-order valence-corrected chi connectivity index (χ0v) is 17.7. The van der Waals surface area contributed by atoms with Gasteiger partial charge in [-0.3, -0.25) is 9.59 Å². The fraction of sp³-hybridized carbons (Fsp3) is 0.263. The summed E-state index contributed by atoms with van der Waals surface area (Å²) in [6, 6.07) is 9.73. The summed E-state index contributed by atoms with van der Waals surface area (Å²) in [4.78, 5) is 24.7. The Kier molecular flexibility index (Phi) is 7.40. The molecule has 2 N–H and O–H groups in total. The molecule has 2 aromatic carbocycles. The van der Waals surface area contributed by atoms with Gasteiger partial charge in [-0.15, -0.1) is 0 Å². The minimum Gasteiger partial charge on any atom is -0.351 e. The summed E-state index contributed by atoms with van der Waals surface area (Å²) in [5.74, 6) is -0.667. The van der Waals surface area contributed by atoms with Crippen LogP contribution in [-0.4, -0.2) is 24.9 Å². The number of halogens is 4. The third-order valence-electron chi connectivity index (χ3n) is 3.85. The van der Waals surface area contributed by atoms with Crippen LogP contribution >= 0.6 is 46.4 Å². The molecule has 0 atom stereocenters. The Bertz CT molecular complexity index is 799. The molecular weight excluding hydrogens is 430 g/mol. The molecular formula is C19H18Cl4N2O2. The number of carbonyl (C=O) groups excluding carboxylic acids is 2. The Morgan fingerprint density at radius 1 is 0.778 bits per heavy atom. The molecule has 0 aromatic heterocycles. The molecule has 8 heteroatoms. The number of amides is 2. The quantitative estimate of drug-likeness (QED) is 0.615. The molecule has 0 spiro atoms. The summed E-state index contributed by atoms with van der Waals surface area (Å²) < 4.78 is 0. The van der Waals surface area contributed by atoms with Gasteiger partial charge in [-0.1, -0.05) is 72.4 Å². The SMILES string of the molecule is CC(C)(CNC(=O)c1cccc(Cl)c1Cl)CNC(=O)c1cccc(Cl)c1Cl. The van der Waals surface area contributed by atoms with Crippen LogP contribution < -0.4 is 10.6 Å². The summed E-state index contributed by atoms with van der Waals surface area (Å²) in [5, 5.41) is 6.66. The van der Waals surface area contributed by atoms with Crippen molar-refractivity contribution in [3.05, 3.63) is 67.6 Å². The first-order valence-electron chi connectivity index (χ1n) is 8.07. The van der Waals surface area contributed by atoms with E-state index in [9.17, 15) is 9.59 Å². The van der Waals surface area contributed by atoms with E-state index in [1.54, 1.807) is 36.4 Å². The maximum Gasteiger partial charge on any atom is 0.252 e. The molecule has 0 fully saturated rings. The maximum absolute atomic E-state index is 12.3. The van der Waals surface area contributed by atoms with Gasteiger partial charge in [0.25, 0.3) is 11.8 Å². The summed E-state index contributed by atoms with van der Waals surface area (Å²) in [7, 11) is 0. The second-order valence-corrected chi connectivity index (χ2v) is 8.30. The topological polar surface area (TPSA) is 58.2 Å². The van der Waals surface area contributed by atoms with Crippen molar-refractivity contribution in [3.63, 3.8) is 0 Å². The number of nitrogens with one attached hydrogen (secondary N) is 2. The molecule has 0 bridgehead atoms. The lowest BCUT2D eigenvalue weighted by Gasteiger charge is -2.25. The van der Waals surface area contributed by atoms with Gasteiger partial charge < -0.3 is 10.6 Å². The van der Waals surface area contributed by atoms with Crippen LogP contribution in [-0.2, 0) is 0 Å². The van der Waals surface area contributed by atoms with E-state index in [0.717, 1.165) is 0 Å². The van der Waals surface area contributed by atoms with Crippen LogP contribution in [0.15, 0.2) is 36.4 Å². The van der Waals surface area contributed by atoms with Crippen LogP contribution in [0.4, 0.5) is 0 Å². The van der Waals surface area contributed by atoms with E-state index in [1.165, 1.54) is 0 Å². The molecule has 0 unspecified atom stereocenters. The highest BCUT2D eigenvalue weighted by molar-refractivity contribution is 6.44. The smallest absolute Gasteiger partial charge is 0.252 e. The Morgan fingerprint density at radius 2 is 1.15 bits per heavy atom. The molecule has 4 nitrogen and oxygen atoms in total. The molecule has 2 aromatic rings. The maximum atomic E-state index is 12.3. The molecule has 2 amide bonds. The molecule has 0 aliphatic rings. The van der Waals surface area contributed by atoms with E-state index in [4.69, 9.17) is 46.4 Å². The van der Waals surface area contributed by atoms with Crippen molar-refractivity contribution >= 4 is 58.2 Å². The summed E-state index contributed by atoms with van der Waals surface area (Å²) in [6.07, 6.45) is 0. The molecule has 0 aliphatic carbocycles. The van der Waals surface area contributed by atoms with Crippen LogP contribution in [0, 0.1) is 5.41 Å². The Balaban J connectivity index is 1.94. The molecule has 27 heavy (non-hydrogen) atoms. The Hall–Kier alpha value is -1.46. The lowest BCUT2D eigenvalue weighted by molar-refractivity contribution is 0.0920. The van der Waals surface area contributed by atoms with Gasteiger partial charge >= 0.3 is 0 Å². The van der Waals surface area contributed by atoms with E-state index < -0.39 is 5.41 Å². The Labute approximate surface area is 178 Å². The van der Waals surface area contributed by atoms with E-state index in [1.807, 2.05) is 13.8 Å². The normalized spacial score (nSPS) is 11.2. The largest absolute Gasteiger partial charge is 0.351 e. The van der Waals surface area contributed by atoms with Gasteiger partial charge in [0.05, 0.1) is 31.2 Å². The van der Waals surface area contributed by atoms with Crippen LogP contribution in [0.25, 0.3) is 0 Å². The third-order valence-corrected chi connectivity index (χ3v) is 5.49. The van der Waals surface area contributed by atoms with Crippen LogP contribution in [0.3, 0.4) is 0 Å². The van der Waals surface area contributed by atoms with Gasteiger partial charge in [-0.2, -0.15) is 0 Å². The van der Waals surface area contributed by atoms with Crippen molar-refractivity contribution in [3.8, 4) is 0 Å². The fourth-order valence-corrected chi connectivity index (χ4v) is 3.02. The predicted octanol–water partition coefficient (Wildman–Crippen LogP) is 5.49. The lowest BCUT2D eigenvalue weighted by Crippen LogP contribution is -2.42. The lowest BCUT2D eigenvalue weighted by atomic mass is 9.93. The second-order valence-electron chi connectivity index (χ2n) is 6.73. The average molecular weight is 448 g/mol. The van der Waals surface area contributed by atoms with Gasteiger partial charge in [-0.25, -0.2) is 0 Å². The number of hydrogen-bond acceptors (Lipinski definition) is 2. The molecule has 2 rings (SSSR count). The van der Waals surface area contributed by atoms with Gasteiger partial charge in [-0.05, 0) is 29.7 Å². The first kappa shape index (κ1) is 21.8. The monoisotopic (exact) mass is 446 g/mol. The van der Waals surface area contributed by atoms with Gasteiger partial charge in [0.2, 0.25) is 0 Å². The molecule has 0 saturated heterocycles. The van der Waals surface area contributed by atoms with Crippen molar-refractivity contribution in [2.45, 2.75) is 13.8 Å². The minimum absolute atomic E-state index is 0.207. The standard InChI is InChI=1S/C19H18Cl4N2O2/c1-19(2,9-24-17(26)11-5-3-7-13(20)15(11)22)10-25-18(27)12-6-4-8-14(21)16(12)23/h3-8H,9-10H2,1-2H3,(H,24,26)(H,25,27). The molecule has 0 heterocycles. The number of hydrogen-bond donors (Lipinski definition) is 2. The third kappa shape index (κ3) is 5.76. The highest BCUT2D eigenvalue weighted by Crippen LogP contribution is 2.26. The molecule has 0 radical (unpaired) electrons. The summed E-state index contributed by atoms with van der Waals surface area (Å²) in [6.45, 7) is 4.45. The van der Waals surface area contributed by atoms with Crippen molar-refractivity contribution < 1.29 is 9.59 Å². The average Bonchev–Trinajstić information content (AvgIpc) is 2.62.